The summed E-state index contributed by atoms with van der Waals surface area (Å²) < 4.78 is 5.74. The number of halogens is 1. The number of carbonyl (C=O) groups is 1. The van der Waals surface area contributed by atoms with Gasteiger partial charge in [-0.2, -0.15) is 0 Å². The summed E-state index contributed by atoms with van der Waals surface area (Å²) in [6, 6.07) is 15.8. The van der Waals surface area contributed by atoms with Crippen molar-refractivity contribution in [1.29, 1.82) is 0 Å². The minimum absolute atomic E-state index is 0.0179. The van der Waals surface area contributed by atoms with E-state index in [9.17, 15) is 9.90 Å². The Labute approximate surface area is 132 Å². The molecule has 3 aromatic rings. The third-order valence-corrected chi connectivity index (χ3v) is 3.68. The number of ketones is 1. The third-order valence-electron chi connectivity index (χ3n) is 3.37. The Morgan fingerprint density at radius 1 is 0.955 bits per heavy atom. The van der Waals surface area contributed by atoms with Gasteiger partial charge in [0.05, 0.1) is 5.02 Å². The van der Waals surface area contributed by atoms with E-state index in [0.29, 0.717) is 17.1 Å². The van der Waals surface area contributed by atoms with Crippen LogP contribution in [-0.2, 0) is 0 Å². The van der Waals surface area contributed by atoms with Gasteiger partial charge < -0.3 is 9.84 Å². The van der Waals surface area contributed by atoms with E-state index < -0.39 is 0 Å². The molecule has 0 amide bonds. The van der Waals surface area contributed by atoms with Crippen molar-refractivity contribution in [2.24, 2.45) is 0 Å². The number of phenolic OH excluding ortho intramolecular Hbond substituents is 1. The van der Waals surface area contributed by atoms with Gasteiger partial charge in [-0.15, -0.1) is 0 Å². The zero-order valence-electron chi connectivity index (χ0n) is 11.8. The molecule has 0 bridgehead atoms. The van der Waals surface area contributed by atoms with E-state index in [1.807, 2.05) is 30.3 Å². The van der Waals surface area contributed by atoms with Crippen molar-refractivity contribution in [3.05, 3.63) is 65.2 Å². The number of benzene rings is 3. The number of fused-ring (bicyclic) bond motifs is 1. The minimum atomic E-state index is 0.0179. The van der Waals surface area contributed by atoms with Gasteiger partial charge in [-0.3, -0.25) is 4.79 Å². The normalized spacial score (nSPS) is 10.6. The van der Waals surface area contributed by atoms with Crippen molar-refractivity contribution in [3.63, 3.8) is 0 Å². The van der Waals surface area contributed by atoms with E-state index in [2.05, 4.69) is 0 Å². The van der Waals surface area contributed by atoms with Crippen molar-refractivity contribution in [2.45, 2.75) is 6.92 Å². The third kappa shape index (κ3) is 2.90. The van der Waals surface area contributed by atoms with Crippen LogP contribution < -0.4 is 4.74 Å². The van der Waals surface area contributed by atoms with Crippen LogP contribution in [0.25, 0.3) is 10.8 Å². The topological polar surface area (TPSA) is 46.5 Å². The second-order valence-electron chi connectivity index (χ2n) is 5.00. The molecular weight excluding hydrogens is 300 g/mol. The predicted molar refractivity (Wildman–Crippen MR) is 87.1 cm³/mol. The van der Waals surface area contributed by atoms with Crippen LogP contribution in [0.2, 0.25) is 5.02 Å². The van der Waals surface area contributed by atoms with E-state index in [0.717, 1.165) is 10.8 Å². The molecule has 0 aliphatic heterocycles. The molecule has 0 saturated heterocycles. The van der Waals surface area contributed by atoms with Gasteiger partial charge in [-0.25, -0.2) is 0 Å². The van der Waals surface area contributed by atoms with Crippen molar-refractivity contribution >= 4 is 28.2 Å². The number of hydrogen-bond donors (Lipinski definition) is 1. The second kappa shape index (κ2) is 5.70. The Hall–Kier alpha value is -2.52. The fourth-order valence-corrected chi connectivity index (χ4v) is 2.36. The molecular formula is C18H13ClO3. The lowest BCUT2D eigenvalue weighted by atomic mass is 10.0. The highest BCUT2D eigenvalue weighted by atomic mass is 35.5. The highest BCUT2D eigenvalue weighted by molar-refractivity contribution is 6.32. The zero-order chi connectivity index (χ0) is 15.7. The van der Waals surface area contributed by atoms with Crippen LogP contribution >= 0.6 is 11.6 Å². The van der Waals surface area contributed by atoms with Gasteiger partial charge in [0.25, 0.3) is 0 Å². The predicted octanol–water partition coefficient (Wildman–Crippen LogP) is 5.19. The number of ether oxygens (including phenoxy) is 1. The lowest BCUT2D eigenvalue weighted by molar-refractivity contribution is 0.101. The molecule has 0 aliphatic rings. The summed E-state index contributed by atoms with van der Waals surface area (Å²) in [6.45, 7) is 1.55. The molecule has 0 saturated carbocycles. The summed E-state index contributed by atoms with van der Waals surface area (Å²) in [4.78, 5) is 11.4. The summed E-state index contributed by atoms with van der Waals surface area (Å²) in [5.74, 6) is 1.26. The van der Waals surface area contributed by atoms with Crippen LogP contribution in [0, 0.1) is 0 Å². The summed E-state index contributed by atoms with van der Waals surface area (Å²) in [5, 5.41) is 11.6. The number of carbonyl (C=O) groups excluding carboxylic acids is 1. The maximum absolute atomic E-state index is 11.4. The van der Waals surface area contributed by atoms with Crippen LogP contribution in [-0.4, -0.2) is 10.9 Å². The average molecular weight is 313 g/mol. The fourth-order valence-electron chi connectivity index (χ4n) is 2.19. The van der Waals surface area contributed by atoms with Crippen LogP contribution in [0.1, 0.15) is 17.3 Å². The molecule has 0 heterocycles. The Morgan fingerprint density at radius 2 is 1.59 bits per heavy atom. The summed E-state index contributed by atoms with van der Waals surface area (Å²) in [7, 11) is 0. The van der Waals surface area contributed by atoms with E-state index in [1.54, 1.807) is 25.1 Å². The van der Waals surface area contributed by atoms with Gasteiger partial charge in [0.2, 0.25) is 0 Å². The molecule has 110 valence electrons. The molecule has 3 rings (SSSR count). The smallest absolute Gasteiger partial charge is 0.159 e. The van der Waals surface area contributed by atoms with Gasteiger partial charge in [-0.05, 0) is 48.0 Å². The first-order valence-corrected chi connectivity index (χ1v) is 7.12. The van der Waals surface area contributed by atoms with E-state index in [1.165, 1.54) is 6.07 Å². The van der Waals surface area contributed by atoms with Gasteiger partial charge in [-0.1, -0.05) is 29.8 Å². The molecule has 3 nitrogen and oxygen atoms in total. The first-order valence-electron chi connectivity index (χ1n) is 6.74. The van der Waals surface area contributed by atoms with Crippen molar-refractivity contribution in [2.75, 3.05) is 0 Å². The number of rotatable bonds is 3. The van der Waals surface area contributed by atoms with Gasteiger partial charge in [0.15, 0.2) is 5.78 Å². The Balaban J connectivity index is 1.93. The van der Waals surface area contributed by atoms with Crippen LogP contribution in [0.15, 0.2) is 54.6 Å². The van der Waals surface area contributed by atoms with Crippen molar-refractivity contribution < 1.29 is 14.6 Å². The molecule has 0 radical (unpaired) electrons. The van der Waals surface area contributed by atoms with Crippen LogP contribution in [0.4, 0.5) is 0 Å². The standard InChI is InChI=1S/C18H13ClO3/c1-11(20)12-2-3-14-9-15(5-4-13(14)8-12)22-16-6-7-18(21)17(19)10-16/h2-10,21H,1H3. The van der Waals surface area contributed by atoms with Crippen LogP contribution in [0.5, 0.6) is 17.2 Å². The molecule has 22 heavy (non-hydrogen) atoms. The lowest BCUT2D eigenvalue weighted by Gasteiger charge is -2.08. The fraction of sp³-hybridized carbons (Fsp3) is 0.0556. The number of aromatic hydroxyl groups is 1. The molecule has 0 fully saturated rings. The molecule has 0 unspecified atom stereocenters. The van der Waals surface area contributed by atoms with Gasteiger partial charge in [0.1, 0.15) is 17.2 Å². The second-order valence-corrected chi connectivity index (χ2v) is 5.40. The van der Waals surface area contributed by atoms with Gasteiger partial charge in [0, 0.05) is 11.6 Å². The number of phenols is 1. The maximum atomic E-state index is 11.4. The molecule has 0 spiro atoms. The summed E-state index contributed by atoms with van der Waals surface area (Å²) in [5.41, 5.74) is 0.687. The Morgan fingerprint density at radius 3 is 2.32 bits per heavy atom. The molecule has 0 atom stereocenters. The highest BCUT2D eigenvalue weighted by Crippen LogP contribution is 2.31. The SMILES string of the molecule is CC(=O)c1ccc2cc(Oc3ccc(O)c(Cl)c3)ccc2c1. The van der Waals surface area contributed by atoms with E-state index in [4.69, 9.17) is 16.3 Å². The Kier molecular flexibility index (Phi) is 3.73. The summed E-state index contributed by atoms with van der Waals surface area (Å²) in [6.07, 6.45) is 0. The number of Topliss-reactive ketones (excluding diaryl/α,β-unsaturated/α-hetero) is 1. The first kappa shape index (κ1) is 14.4. The average Bonchev–Trinajstić information content (AvgIpc) is 2.50. The molecule has 3 aromatic carbocycles. The lowest BCUT2D eigenvalue weighted by Crippen LogP contribution is -1.91. The monoisotopic (exact) mass is 312 g/mol. The molecule has 1 N–H and O–H groups in total. The number of hydrogen-bond acceptors (Lipinski definition) is 3. The first-order chi connectivity index (χ1) is 10.5. The molecule has 0 aromatic heterocycles. The van der Waals surface area contributed by atoms with E-state index >= 15 is 0 Å². The highest BCUT2D eigenvalue weighted by Gasteiger charge is 2.05. The summed E-state index contributed by atoms with van der Waals surface area (Å²) >= 11 is 5.86. The van der Waals surface area contributed by atoms with E-state index in [-0.39, 0.29) is 16.6 Å². The van der Waals surface area contributed by atoms with Crippen LogP contribution in [0.3, 0.4) is 0 Å². The largest absolute Gasteiger partial charge is 0.506 e. The quantitative estimate of drug-likeness (QED) is 0.677. The molecule has 4 heteroatoms. The van der Waals surface area contributed by atoms with Crippen molar-refractivity contribution in [1.82, 2.24) is 0 Å². The zero-order valence-corrected chi connectivity index (χ0v) is 12.6. The minimum Gasteiger partial charge on any atom is -0.506 e. The molecule has 0 aliphatic carbocycles. The maximum Gasteiger partial charge on any atom is 0.159 e. The Bertz CT molecular complexity index is 871. The van der Waals surface area contributed by atoms with Gasteiger partial charge >= 0.3 is 0 Å². The van der Waals surface area contributed by atoms with Crippen molar-refractivity contribution in [3.8, 4) is 17.2 Å².